The largest absolute Gasteiger partial charge is 0.388 e. The van der Waals surface area contributed by atoms with Gasteiger partial charge in [0.1, 0.15) is 0 Å². The normalized spacial score (nSPS) is 11.6. The second kappa shape index (κ2) is 5.70. The number of hydrogen-bond acceptors (Lipinski definition) is 1. The average Bonchev–Trinajstić information content (AvgIpc) is 2.19. The smallest absolute Gasteiger partial charge is 0.0799 e. The van der Waals surface area contributed by atoms with Gasteiger partial charge in [-0.3, -0.25) is 0 Å². The Morgan fingerprint density at radius 3 is 2.57 bits per heavy atom. The van der Waals surface area contributed by atoms with Crippen molar-refractivity contribution in [3.63, 3.8) is 0 Å². The average molecular weight is 209 g/mol. The summed E-state index contributed by atoms with van der Waals surface area (Å²) >= 11 is 5.74. The topological polar surface area (TPSA) is 20.2 Å². The molecule has 0 amide bonds. The molecule has 0 spiro atoms. The molecule has 1 aromatic carbocycles. The molecule has 1 N–H and O–H groups in total. The van der Waals surface area contributed by atoms with Gasteiger partial charge in [-0.05, 0) is 31.0 Å². The summed E-state index contributed by atoms with van der Waals surface area (Å²) in [6, 6.07) is 7.25. The molecule has 1 nitrogen and oxygen atoms in total. The summed E-state index contributed by atoms with van der Waals surface area (Å²) in [7, 11) is 0. The lowest BCUT2D eigenvalue weighted by Gasteiger charge is -2.08. The van der Waals surface area contributed by atoms with Gasteiger partial charge in [-0.15, -0.1) is 11.8 Å². The molecule has 74 valence electrons. The van der Waals surface area contributed by atoms with Crippen molar-refractivity contribution in [1.29, 1.82) is 0 Å². The van der Waals surface area contributed by atoms with Crippen molar-refractivity contribution < 1.29 is 5.11 Å². The molecule has 0 saturated carbocycles. The van der Waals surface area contributed by atoms with Gasteiger partial charge >= 0.3 is 0 Å². The highest BCUT2D eigenvalue weighted by atomic mass is 35.5. The van der Waals surface area contributed by atoms with Crippen molar-refractivity contribution in [3.8, 4) is 11.8 Å². The molecule has 14 heavy (non-hydrogen) atoms. The molecular weight excluding hydrogens is 196 g/mol. The molecule has 1 unspecified atom stereocenters. The zero-order valence-electron chi connectivity index (χ0n) is 8.13. The third-order valence-corrected chi connectivity index (χ3v) is 2.23. The van der Waals surface area contributed by atoms with Crippen molar-refractivity contribution in [2.24, 2.45) is 0 Å². The fourth-order valence-electron chi connectivity index (χ4n) is 1.19. The van der Waals surface area contributed by atoms with Crippen LogP contribution in [0.5, 0.6) is 0 Å². The number of benzene rings is 1. The van der Waals surface area contributed by atoms with Gasteiger partial charge in [0, 0.05) is 11.4 Å². The Morgan fingerprint density at radius 2 is 2.00 bits per heavy atom. The summed E-state index contributed by atoms with van der Waals surface area (Å²) in [6.07, 6.45) is 0.955. The number of aliphatic hydroxyl groups excluding tert-OH is 1. The zero-order chi connectivity index (χ0) is 10.4. The maximum absolute atomic E-state index is 9.73. The standard InChI is InChI=1S/C12H13ClO/c1-2-3-4-5-12(14)10-6-8-11(13)9-7-10/h6-9,12,14H,4-5H2,1H3. The first-order valence-electron chi connectivity index (χ1n) is 4.57. The molecule has 0 heterocycles. The van der Waals surface area contributed by atoms with Crippen LogP contribution < -0.4 is 0 Å². The predicted octanol–water partition coefficient (Wildman–Crippen LogP) is 3.18. The van der Waals surface area contributed by atoms with Gasteiger partial charge in [0.05, 0.1) is 6.10 Å². The molecule has 0 fully saturated rings. The lowest BCUT2D eigenvalue weighted by atomic mass is 10.1. The van der Waals surface area contributed by atoms with Gasteiger partial charge < -0.3 is 5.11 Å². The maximum atomic E-state index is 9.73. The molecule has 0 bridgehead atoms. The van der Waals surface area contributed by atoms with Crippen molar-refractivity contribution in [1.82, 2.24) is 0 Å². The molecular formula is C12H13ClO. The van der Waals surface area contributed by atoms with Crippen LogP contribution in [0.4, 0.5) is 0 Å². The minimum atomic E-state index is -0.437. The third-order valence-electron chi connectivity index (χ3n) is 1.97. The van der Waals surface area contributed by atoms with E-state index in [2.05, 4.69) is 11.8 Å². The van der Waals surface area contributed by atoms with Crippen LogP contribution in [0.25, 0.3) is 0 Å². The van der Waals surface area contributed by atoms with E-state index in [4.69, 9.17) is 11.6 Å². The Bertz CT molecular complexity index is 332. The van der Waals surface area contributed by atoms with E-state index in [1.165, 1.54) is 0 Å². The summed E-state index contributed by atoms with van der Waals surface area (Å²) in [5, 5.41) is 10.4. The quantitative estimate of drug-likeness (QED) is 0.757. The molecule has 0 aliphatic heterocycles. The van der Waals surface area contributed by atoms with Gasteiger partial charge in [-0.2, -0.15) is 0 Å². The fourth-order valence-corrected chi connectivity index (χ4v) is 1.31. The molecule has 0 aliphatic carbocycles. The minimum absolute atomic E-state index is 0.437. The van der Waals surface area contributed by atoms with Crippen LogP contribution >= 0.6 is 11.6 Å². The first-order valence-corrected chi connectivity index (χ1v) is 4.95. The van der Waals surface area contributed by atoms with Crippen LogP contribution in [0.2, 0.25) is 5.02 Å². The lowest BCUT2D eigenvalue weighted by Crippen LogP contribution is -1.96. The Balaban J connectivity index is 2.54. The Hall–Kier alpha value is -0.970. The molecule has 1 atom stereocenters. The van der Waals surface area contributed by atoms with E-state index in [9.17, 15) is 5.11 Å². The fraction of sp³-hybridized carbons (Fsp3) is 0.333. The molecule has 1 aromatic rings. The lowest BCUT2D eigenvalue weighted by molar-refractivity contribution is 0.169. The Kier molecular flexibility index (Phi) is 4.52. The van der Waals surface area contributed by atoms with Crippen molar-refractivity contribution in [2.75, 3.05) is 0 Å². The summed E-state index contributed by atoms with van der Waals surface area (Å²) in [6.45, 7) is 1.80. The highest BCUT2D eigenvalue weighted by molar-refractivity contribution is 6.30. The van der Waals surface area contributed by atoms with Crippen LogP contribution in [0.1, 0.15) is 31.4 Å². The van der Waals surface area contributed by atoms with Crippen LogP contribution in [0, 0.1) is 11.8 Å². The summed E-state index contributed by atoms with van der Waals surface area (Å²) in [4.78, 5) is 0. The second-order valence-corrected chi connectivity index (χ2v) is 3.47. The van der Waals surface area contributed by atoms with E-state index >= 15 is 0 Å². The zero-order valence-corrected chi connectivity index (χ0v) is 8.88. The highest BCUT2D eigenvalue weighted by Gasteiger charge is 2.05. The van der Waals surface area contributed by atoms with Crippen LogP contribution in [-0.4, -0.2) is 5.11 Å². The number of hydrogen-bond donors (Lipinski definition) is 1. The van der Waals surface area contributed by atoms with Crippen LogP contribution in [-0.2, 0) is 0 Å². The van der Waals surface area contributed by atoms with E-state index in [1.54, 1.807) is 19.1 Å². The SMILES string of the molecule is CC#CCCC(O)c1ccc(Cl)cc1. The third kappa shape index (κ3) is 3.41. The Labute approximate surface area is 89.7 Å². The van der Waals surface area contributed by atoms with Gasteiger partial charge in [-0.25, -0.2) is 0 Å². The van der Waals surface area contributed by atoms with E-state index in [0.717, 1.165) is 12.0 Å². The highest BCUT2D eigenvalue weighted by Crippen LogP contribution is 2.19. The van der Waals surface area contributed by atoms with Crippen LogP contribution in [0.3, 0.4) is 0 Å². The molecule has 2 heteroatoms. The van der Waals surface area contributed by atoms with Crippen molar-refractivity contribution >= 4 is 11.6 Å². The second-order valence-electron chi connectivity index (χ2n) is 3.03. The number of rotatable bonds is 3. The van der Waals surface area contributed by atoms with Crippen molar-refractivity contribution in [2.45, 2.75) is 25.9 Å². The molecule has 0 radical (unpaired) electrons. The number of halogens is 1. The van der Waals surface area contributed by atoms with Gasteiger partial charge in [0.2, 0.25) is 0 Å². The monoisotopic (exact) mass is 208 g/mol. The molecule has 1 rings (SSSR count). The summed E-state index contributed by atoms with van der Waals surface area (Å²) in [5.41, 5.74) is 0.896. The first-order chi connectivity index (χ1) is 6.74. The number of aliphatic hydroxyl groups is 1. The van der Waals surface area contributed by atoms with E-state index in [1.807, 2.05) is 12.1 Å². The molecule has 0 aromatic heterocycles. The van der Waals surface area contributed by atoms with Crippen LogP contribution in [0.15, 0.2) is 24.3 Å². The summed E-state index contributed by atoms with van der Waals surface area (Å²) < 4.78 is 0. The predicted molar refractivity (Wildman–Crippen MR) is 59.1 cm³/mol. The van der Waals surface area contributed by atoms with E-state index in [-0.39, 0.29) is 0 Å². The van der Waals surface area contributed by atoms with Gasteiger partial charge in [0.15, 0.2) is 0 Å². The van der Waals surface area contributed by atoms with Gasteiger partial charge in [-0.1, -0.05) is 23.7 Å². The first kappa shape index (κ1) is 11.1. The summed E-state index contributed by atoms with van der Waals surface area (Å²) in [5.74, 6) is 5.73. The minimum Gasteiger partial charge on any atom is -0.388 e. The van der Waals surface area contributed by atoms with Gasteiger partial charge in [0.25, 0.3) is 0 Å². The molecule has 0 saturated heterocycles. The van der Waals surface area contributed by atoms with E-state index < -0.39 is 6.10 Å². The maximum Gasteiger partial charge on any atom is 0.0799 e. The van der Waals surface area contributed by atoms with E-state index in [0.29, 0.717) is 11.4 Å². The van der Waals surface area contributed by atoms with Crippen molar-refractivity contribution in [3.05, 3.63) is 34.9 Å². The molecule has 0 aliphatic rings. The Morgan fingerprint density at radius 1 is 1.36 bits per heavy atom.